The van der Waals surface area contributed by atoms with Crippen molar-refractivity contribution in [2.75, 3.05) is 86.3 Å². The van der Waals surface area contributed by atoms with Crippen molar-refractivity contribution in [3.63, 3.8) is 0 Å². The summed E-state index contributed by atoms with van der Waals surface area (Å²) in [5.41, 5.74) is 19.1. The molecule has 0 radical (unpaired) electrons. The summed E-state index contributed by atoms with van der Waals surface area (Å²) in [4.78, 5) is 168. The van der Waals surface area contributed by atoms with Crippen LogP contribution in [0.3, 0.4) is 0 Å². The van der Waals surface area contributed by atoms with Gasteiger partial charge in [-0.25, -0.2) is 38.4 Å². The van der Waals surface area contributed by atoms with Crippen LogP contribution in [0.5, 0.6) is 34.5 Å². The van der Waals surface area contributed by atoms with Crippen molar-refractivity contribution in [1.29, 1.82) is 16.2 Å². The van der Waals surface area contributed by atoms with Crippen molar-refractivity contribution < 1.29 is 121 Å². The Hall–Kier alpha value is -15.3. The topological polar surface area (TPSA) is 654 Å². The smallest absolute Gasteiger partial charge is 0.407 e. The number of fused-ring (bicyclic) bond motifs is 1. The molecule has 6 atom stereocenters. The molecular formula is C99H132N16O25. The van der Waals surface area contributed by atoms with Crippen LogP contribution in [0.1, 0.15) is 197 Å². The van der Waals surface area contributed by atoms with Gasteiger partial charge in [0, 0.05) is 80.5 Å². The van der Waals surface area contributed by atoms with Crippen LogP contribution >= 0.6 is 0 Å². The van der Waals surface area contributed by atoms with E-state index in [9.17, 15) is 77.3 Å². The molecule has 0 saturated carbocycles. The molecule has 0 aromatic heterocycles. The minimum absolute atomic E-state index is 0.0308. The highest BCUT2D eigenvalue weighted by molar-refractivity contribution is 6.00. The highest BCUT2D eigenvalue weighted by atomic mass is 16.6. The number of hydrogen-bond acceptors (Lipinski definition) is 26. The number of alkyl carbamates (subject to hydrolysis) is 1. The average molecular weight is 1950 g/mol. The summed E-state index contributed by atoms with van der Waals surface area (Å²) in [7, 11) is 3.75. The van der Waals surface area contributed by atoms with Crippen molar-refractivity contribution >= 4 is 112 Å². The molecule has 41 heteroatoms. The number of unbranched alkanes of at least 4 members (excludes halogenated alkanes) is 4. The maximum absolute atomic E-state index is 12.6. The van der Waals surface area contributed by atoms with Crippen molar-refractivity contribution in [2.24, 2.45) is 35.0 Å². The summed E-state index contributed by atoms with van der Waals surface area (Å²) >= 11 is 0. The number of nitrogens with one attached hydrogen (secondary N) is 13. The molecule has 41 nitrogen and oxygen atoms in total. The number of carboxylic acid groups (broad SMARTS) is 4. The first-order valence-corrected chi connectivity index (χ1v) is 46.2. The number of carbonyl (C=O) groups is 14. The number of amidine groups is 3. The van der Waals surface area contributed by atoms with Crippen LogP contribution < -0.4 is 98.8 Å². The summed E-state index contributed by atoms with van der Waals surface area (Å²) in [6.45, 7) is 9.22. The van der Waals surface area contributed by atoms with E-state index in [0.717, 1.165) is 49.5 Å². The van der Waals surface area contributed by atoms with Gasteiger partial charge in [-0.3, -0.25) is 45.0 Å². The third-order valence-electron chi connectivity index (χ3n) is 21.2. The summed E-state index contributed by atoms with van der Waals surface area (Å²) in [5, 5.41) is 88.1. The SMILES string of the molecule is CC(COC(=O)NCCCOc1ccc(C(=O)Oc2ccc3cc(C(=N)N)ccc3c2)cc1)C(=O)NC(CCC(=O)O)C(=O)O.CNCCCCC(C)C(=O)NC(CCCCNC(=O)CCCC(=O)NCCCOc1ccc(C(=O)Oc2ccc(C(=N)N)cc2)cc1)C(=O)O.CNCCCCC(C)C(=O)NC(CCCCNC(=O)NCCCOc1ccc(C(=O)Oc2ccc(C(=N)N)cc2)cc1)C(=O)O. The zero-order valence-corrected chi connectivity index (χ0v) is 79.5. The Labute approximate surface area is 812 Å². The molecule has 7 aromatic carbocycles. The Morgan fingerprint density at radius 1 is 0.321 bits per heavy atom. The van der Waals surface area contributed by atoms with Crippen LogP contribution in [0.2, 0.25) is 0 Å². The number of nitrogen functional groups attached to an aromatic ring is 3. The Kier molecular flexibility index (Phi) is 53.2. The second-order valence-electron chi connectivity index (χ2n) is 32.6. The molecule has 6 unspecified atom stereocenters. The van der Waals surface area contributed by atoms with Gasteiger partial charge < -0.3 is 124 Å². The third kappa shape index (κ3) is 47.0. The van der Waals surface area contributed by atoms with Crippen LogP contribution in [0, 0.1) is 34.0 Å². The molecule has 0 heterocycles. The van der Waals surface area contributed by atoms with E-state index in [1.165, 1.54) is 6.92 Å². The van der Waals surface area contributed by atoms with Crippen LogP contribution in [-0.4, -0.2) is 226 Å². The van der Waals surface area contributed by atoms with E-state index in [1.54, 1.807) is 172 Å². The summed E-state index contributed by atoms with van der Waals surface area (Å²) in [5.74, 6) is -6.69. The van der Waals surface area contributed by atoms with Gasteiger partial charge in [0.05, 0.1) is 42.4 Å². The number of ether oxygens (including phenoxy) is 7. The largest absolute Gasteiger partial charge is 0.494 e. The van der Waals surface area contributed by atoms with Gasteiger partial charge in [-0.2, -0.15) is 0 Å². The van der Waals surface area contributed by atoms with Crippen LogP contribution in [-0.2, 0) is 47.9 Å². The molecule has 140 heavy (non-hydrogen) atoms. The fourth-order valence-corrected chi connectivity index (χ4v) is 12.9. The molecule has 0 aliphatic carbocycles. The summed E-state index contributed by atoms with van der Waals surface area (Å²) < 4.78 is 38.1. The number of urea groups is 1. The maximum atomic E-state index is 12.6. The first-order valence-electron chi connectivity index (χ1n) is 46.2. The van der Waals surface area contributed by atoms with E-state index in [4.69, 9.17) is 76.8 Å². The first-order chi connectivity index (χ1) is 67.0. The number of carboxylic acids is 4. The molecular weight excluding hydrogens is 1810 g/mol. The minimum atomic E-state index is -1.37. The van der Waals surface area contributed by atoms with Crippen molar-refractivity contribution in [3.05, 3.63) is 191 Å². The molecule has 7 rings (SSSR count). The fourth-order valence-electron chi connectivity index (χ4n) is 12.9. The first kappa shape index (κ1) is 115. The van der Waals surface area contributed by atoms with Gasteiger partial charge in [0.1, 0.15) is 76.7 Å². The lowest BCUT2D eigenvalue weighted by Crippen LogP contribution is -2.44. The third-order valence-corrected chi connectivity index (χ3v) is 21.2. The van der Waals surface area contributed by atoms with E-state index in [-0.39, 0.29) is 111 Å². The lowest BCUT2D eigenvalue weighted by molar-refractivity contribution is -0.144. The van der Waals surface area contributed by atoms with Gasteiger partial charge in [-0.15, -0.1) is 0 Å². The van der Waals surface area contributed by atoms with Gasteiger partial charge in [0.15, 0.2) is 0 Å². The van der Waals surface area contributed by atoms with Gasteiger partial charge in [-0.05, 0) is 274 Å². The molecule has 0 fully saturated rings. The predicted octanol–water partition coefficient (Wildman–Crippen LogP) is 9.06. The zero-order valence-electron chi connectivity index (χ0n) is 79.5. The average Bonchev–Trinajstić information content (AvgIpc) is 0.811. The number of aliphatic carboxylic acids is 4. The van der Waals surface area contributed by atoms with Gasteiger partial charge >= 0.3 is 53.9 Å². The summed E-state index contributed by atoms with van der Waals surface area (Å²) in [6.07, 6.45) is 8.75. The highest BCUT2D eigenvalue weighted by Crippen LogP contribution is 2.26. The lowest BCUT2D eigenvalue weighted by atomic mass is 10.0. The Balaban J connectivity index is 0.000000371. The van der Waals surface area contributed by atoms with E-state index >= 15 is 0 Å². The predicted molar refractivity (Wildman–Crippen MR) is 521 cm³/mol. The maximum Gasteiger partial charge on any atom is 0.407 e. The normalized spacial score (nSPS) is 11.9. The number of amides is 8. The second-order valence-corrected chi connectivity index (χ2v) is 32.6. The van der Waals surface area contributed by atoms with E-state index in [2.05, 4.69) is 53.2 Å². The Morgan fingerprint density at radius 3 is 1.03 bits per heavy atom. The fraction of sp³-hybridized carbons (Fsp3) is 0.424. The lowest BCUT2D eigenvalue weighted by Gasteiger charge is -2.18. The Bertz CT molecular complexity index is 5190. The number of rotatable bonds is 62. The van der Waals surface area contributed by atoms with Crippen molar-refractivity contribution in [1.82, 2.24) is 53.2 Å². The van der Waals surface area contributed by atoms with E-state index in [1.807, 2.05) is 14.1 Å². The van der Waals surface area contributed by atoms with Gasteiger partial charge in [0.25, 0.3) is 0 Å². The quantitative estimate of drug-likeness (QED) is 0.00555. The van der Waals surface area contributed by atoms with Crippen LogP contribution in [0.25, 0.3) is 10.8 Å². The second kappa shape index (κ2) is 64.7. The molecule has 0 saturated heterocycles. The number of nitrogens with two attached hydrogens (primary N) is 3. The molecule has 0 spiro atoms. The molecule has 23 N–H and O–H groups in total. The molecule has 7 aromatic rings. The van der Waals surface area contributed by atoms with Gasteiger partial charge in [-0.1, -0.05) is 51.8 Å². The van der Waals surface area contributed by atoms with E-state index in [0.29, 0.717) is 171 Å². The standard InChI is InChI=1S/C36H52N6O8.C32H46N6O7.C31H34N4O10/c1-25(9-3-5-21-39-2)34(45)42-30(35(46)47)10-4-6-22-40-31(43)11-7-12-32(44)41-23-8-24-49-28-17-15-27(16-18-28)36(48)50-29-19-13-26(14-20-29)33(37)38;1-22(8-3-5-18-35-2)29(39)38-27(30(40)41)9-4-6-19-36-32(43)37-20-7-21-44-25-14-12-24(13-15-25)31(42)45-26-16-10-23(11-17-26)28(33)34;1-18(28(38)35-25(29(39)40)11-12-26(36)37)17-44-31(42)34-13-2-14-43-23-8-5-19(6-9-23)30(41)45-24-10-7-20-15-22(27(32)33)4-3-21(20)16-24/h13-20,25,30,39H,3-12,21-24H2,1-2H3,(H3,37,38)(H,40,43)(H,41,44)(H,42,45)(H,46,47);10-17,22,27,35H,3-9,18-21H2,1-2H3,(H3,33,34)(H,38,39)(H,40,41)(H2,36,37,43);3-10,15-16,18,25H,2,11-14,17H2,1H3,(H3,32,33)(H,34,42)(H,35,38)(H,36,37)(H,39,40). The minimum Gasteiger partial charge on any atom is -0.494 e. The molecule has 758 valence electrons. The number of carbonyl (C=O) groups excluding carboxylic acids is 10. The number of hydrogen-bond donors (Lipinski definition) is 20. The van der Waals surface area contributed by atoms with Crippen molar-refractivity contribution in [3.8, 4) is 34.5 Å². The summed E-state index contributed by atoms with van der Waals surface area (Å²) in [6, 6.07) is 38.9. The van der Waals surface area contributed by atoms with Crippen LogP contribution in [0.4, 0.5) is 9.59 Å². The number of benzene rings is 7. The van der Waals surface area contributed by atoms with Crippen LogP contribution in [0.15, 0.2) is 158 Å². The zero-order chi connectivity index (χ0) is 103. The molecule has 0 bridgehead atoms. The van der Waals surface area contributed by atoms with E-state index < -0.39 is 84.2 Å². The van der Waals surface area contributed by atoms with Crippen molar-refractivity contribution in [2.45, 2.75) is 167 Å². The molecule has 0 aliphatic rings. The Morgan fingerprint density at radius 2 is 0.636 bits per heavy atom. The molecule has 8 amide bonds. The van der Waals surface area contributed by atoms with Gasteiger partial charge in [0.2, 0.25) is 29.5 Å². The number of esters is 3. The highest BCUT2D eigenvalue weighted by Gasteiger charge is 2.28. The molecule has 0 aliphatic heterocycles. The monoisotopic (exact) mass is 1940 g/mol.